The minimum atomic E-state index is -0.801. The first-order valence-corrected chi connectivity index (χ1v) is 32.5. The van der Waals surface area contributed by atoms with Crippen LogP contribution in [0.3, 0.4) is 0 Å². The van der Waals surface area contributed by atoms with Crippen molar-refractivity contribution in [3.8, 4) is 0 Å². The third kappa shape index (κ3) is 62.7. The average Bonchev–Trinajstić information content (AvgIpc) is 3.44. The van der Waals surface area contributed by atoms with E-state index in [1.165, 1.54) is 109 Å². The number of esters is 3. The van der Waals surface area contributed by atoms with Gasteiger partial charge in [-0.2, -0.15) is 0 Å². The fourth-order valence-electron chi connectivity index (χ4n) is 8.91. The van der Waals surface area contributed by atoms with E-state index >= 15 is 0 Å². The van der Waals surface area contributed by atoms with Gasteiger partial charge in [0.15, 0.2) is 6.10 Å². The average molecular weight is 1080 g/mol. The highest BCUT2D eigenvalue weighted by molar-refractivity contribution is 5.71. The van der Waals surface area contributed by atoms with Crippen LogP contribution in [0.5, 0.6) is 0 Å². The van der Waals surface area contributed by atoms with E-state index < -0.39 is 6.10 Å². The summed E-state index contributed by atoms with van der Waals surface area (Å²) in [6.07, 6.45) is 90.7. The van der Waals surface area contributed by atoms with Crippen LogP contribution in [-0.4, -0.2) is 37.2 Å². The molecule has 0 heterocycles. The van der Waals surface area contributed by atoms with Crippen LogP contribution < -0.4 is 0 Å². The van der Waals surface area contributed by atoms with Gasteiger partial charge in [0.25, 0.3) is 0 Å². The summed E-state index contributed by atoms with van der Waals surface area (Å²) in [6, 6.07) is 0. The van der Waals surface area contributed by atoms with Crippen LogP contribution in [0, 0.1) is 0 Å². The van der Waals surface area contributed by atoms with Gasteiger partial charge in [-0.1, -0.05) is 290 Å². The van der Waals surface area contributed by atoms with Crippen LogP contribution in [-0.2, 0) is 28.6 Å². The van der Waals surface area contributed by atoms with Gasteiger partial charge in [0.2, 0.25) is 0 Å². The Morgan fingerprint density at radius 3 is 0.795 bits per heavy atom. The number of ether oxygens (including phenoxy) is 3. The molecule has 0 aromatic heterocycles. The molecule has 6 nitrogen and oxygen atoms in total. The zero-order valence-electron chi connectivity index (χ0n) is 50.9. The molecule has 0 aliphatic heterocycles. The van der Waals surface area contributed by atoms with Gasteiger partial charge in [0.1, 0.15) is 13.2 Å². The normalized spacial score (nSPS) is 12.9. The van der Waals surface area contributed by atoms with Crippen LogP contribution in [0.4, 0.5) is 0 Å². The first-order valence-electron chi connectivity index (χ1n) is 32.5. The van der Waals surface area contributed by atoms with Crippen molar-refractivity contribution in [3.63, 3.8) is 0 Å². The summed E-state index contributed by atoms with van der Waals surface area (Å²) < 4.78 is 16.9. The SMILES string of the molecule is CC/C=C\C/C=C\C/C=C\C/C=C\C/C=C\C/C=C\C/C=C\CCCCCCCC(=O)OCC(COC(=O)CCCCC/C=C\C/C=C\C/C=C\CC)OC(=O)CCCCCCCCCCCCCCCCCCCCCC. The number of allylic oxidation sites excluding steroid dienone is 20. The highest BCUT2D eigenvalue weighted by Crippen LogP contribution is 2.16. The predicted octanol–water partition coefficient (Wildman–Crippen LogP) is 22.4. The highest BCUT2D eigenvalue weighted by atomic mass is 16.6. The van der Waals surface area contributed by atoms with Gasteiger partial charge >= 0.3 is 17.9 Å². The maximum absolute atomic E-state index is 12.9. The standard InChI is InChI=1S/C72H120O6/c1-4-7-10-13-16-19-22-25-27-29-31-33-34-35-36-37-38-39-41-42-44-47-50-53-56-59-62-65-71(74)77-68-69(67-76-70(73)64-61-58-55-52-49-46-24-21-18-15-12-9-6-3)78-72(75)66-63-60-57-54-51-48-45-43-40-32-30-28-26-23-20-17-14-11-8-5-2/h7,9-10,12,16,18-19,21,25,27,31,33,35-36,38-39,42,44,46,49,69H,4-6,8,11,13-15,17,20,22-24,26,28-30,32,34,37,40-41,43,45,47-48,50-68H2,1-3H3/b10-7-,12-9-,19-16-,21-18-,27-25-,33-31-,36-35-,39-38-,44-42-,49-46-. The summed E-state index contributed by atoms with van der Waals surface area (Å²) >= 11 is 0. The number of unbranched alkanes of at least 4 members (excludes halogenated alkanes) is 27. The Morgan fingerprint density at radius 1 is 0.269 bits per heavy atom. The van der Waals surface area contributed by atoms with Crippen LogP contribution in [0.15, 0.2) is 122 Å². The topological polar surface area (TPSA) is 78.9 Å². The molecule has 0 aliphatic carbocycles. The van der Waals surface area contributed by atoms with Crippen molar-refractivity contribution in [1.29, 1.82) is 0 Å². The Bertz CT molecular complexity index is 1620. The molecule has 0 spiro atoms. The molecule has 1 unspecified atom stereocenters. The second kappa shape index (κ2) is 65.3. The molecular formula is C72H120O6. The lowest BCUT2D eigenvalue weighted by atomic mass is 10.0. The summed E-state index contributed by atoms with van der Waals surface area (Å²) in [4.78, 5) is 38.3. The monoisotopic (exact) mass is 1080 g/mol. The van der Waals surface area contributed by atoms with Gasteiger partial charge < -0.3 is 14.2 Å². The van der Waals surface area contributed by atoms with Crippen LogP contribution in [0.1, 0.15) is 297 Å². The number of hydrogen-bond acceptors (Lipinski definition) is 6. The van der Waals surface area contributed by atoms with Gasteiger partial charge in [-0.3, -0.25) is 14.4 Å². The first-order chi connectivity index (χ1) is 38.5. The third-order valence-corrected chi connectivity index (χ3v) is 13.7. The van der Waals surface area contributed by atoms with Crippen LogP contribution in [0.2, 0.25) is 0 Å². The second-order valence-electron chi connectivity index (χ2n) is 21.3. The van der Waals surface area contributed by atoms with Gasteiger partial charge in [0, 0.05) is 19.3 Å². The quantitative estimate of drug-likeness (QED) is 0.0261. The maximum atomic E-state index is 12.9. The molecule has 0 amide bonds. The summed E-state index contributed by atoms with van der Waals surface area (Å²) in [6.45, 7) is 6.39. The van der Waals surface area contributed by atoms with Crippen molar-refractivity contribution in [3.05, 3.63) is 122 Å². The molecule has 78 heavy (non-hydrogen) atoms. The number of rotatable bonds is 58. The van der Waals surface area contributed by atoms with Gasteiger partial charge in [-0.25, -0.2) is 0 Å². The molecule has 0 aromatic carbocycles. The van der Waals surface area contributed by atoms with Crippen molar-refractivity contribution >= 4 is 17.9 Å². The van der Waals surface area contributed by atoms with Crippen molar-refractivity contribution in [2.75, 3.05) is 13.2 Å². The molecule has 0 saturated heterocycles. The number of carbonyl (C=O) groups is 3. The smallest absolute Gasteiger partial charge is 0.306 e. The molecule has 0 aliphatic rings. The van der Waals surface area contributed by atoms with Gasteiger partial charge in [-0.15, -0.1) is 0 Å². The highest BCUT2D eigenvalue weighted by Gasteiger charge is 2.19. The van der Waals surface area contributed by atoms with Crippen molar-refractivity contribution in [2.24, 2.45) is 0 Å². The molecular weight excluding hydrogens is 961 g/mol. The summed E-state index contributed by atoms with van der Waals surface area (Å²) in [5.41, 5.74) is 0. The van der Waals surface area contributed by atoms with E-state index in [1.807, 2.05) is 0 Å². The maximum Gasteiger partial charge on any atom is 0.306 e. The molecule has 0 rings (SSSR count). The van der Waals surface area contributed by atoms with Crippen molar-refractivity contribution in [1.82, 2.24) is 0 Å². The summed E-state index contributed by atoms with van der Waals surface area (Å²) in [5.74, 6) is -0.937. The van der Waals surface area contributed by atoms with E-state index in [2.05, 4.69) is 142 Å². The fourth-order valence-corrected chi connectivity index (χ4v) is 8.91. The van der Waals surface area contributed by atoms with Gasteiger partial charge in [-0.05, 0) is 109 Å². The minimum absolute atomic E-state index is 0.0982. The van der Waals surface area contributed by atoms with Gasteiger partial charge in [0.05, 0.1) is 0 Å². The largest absolute Gasteiger partial charge is 0.462 e. The number of carbonyl (C=O) groups excluding carboxylic acids is 3. The molecule has 0 N–H and O–H groups in total. The molecule has 444 valence electrons. The second-order valence-corrected chi connectivity index (χ2v) is 21.3. The van der Waals surface area contributed by atoms with Crippen molar-refractivity contribution < 1.29 is 28.6 Å². The third-order valence-electron chi connectivity index (χ3n) is 13.7. The van der Waals surface area contributed by atoms with E-state index in [0.29, 0.717) is 19.3 Å². The van der Waals surface area contributed by atoms with Crippen molar-refractivity contribution in [2.45, 2.75) is 303 Å². The molecule has 0 radical (unpaired) electrons. The van der Waals surface area contributed by atoms with E-state index in [0.717, 1.165) is 148 Å². The predicted molar refractivity (Wildman–Crippen MR) is 339 cm³/mol. The van der Waals surface area contributed by atoms with E-state index in [1.54, 1.807) is 0 Å². The van der Waals surface area contributed by atoms with E-state index in [4.69, 9.17) is 14.2 Å². The zero-order chi connectivity index (χ0) is 56.4. The summed E-state index contributed by atoms with van der Waals surface area (Å²) in [5, 5.41) is 0. The fraction of sp³-hybridized carbons (Fsp3) is 0.681. The molecule has 0 aromatic rings. The molecule has 1 atom stereocenters. The van der Waals surface area contributed by atoms with Crippen LogP contribution in [0.25, 0.3) is 0 Å². The minimum Gasteiger partial charge on any atom is -0.462 e. The lowest BCUT2D eigenvalue weighted by molar-refractivity contribution is -0.167. The zero-order valence-corrected chi connectivity index (χ0v) is 50.9. The van der Waals surface area contributed by atoms with E-state index in [9.17, 15) is 14.4 Å². The Morgan fingerprint density at radius 2 is 0.500 bits per heavy atom. The molecule has 0 fully saturated rings. The summed E-state index contributed by atoms with van der Waals surface area (Å²) in [7, 11) is 0. The lowest BCUT2D eigenvalue weighted by Gasteiger charge is -2.18. The lowest BCUT2D eigenvalue weighted by Crippen LogP contribution is -2.30. The van der Waals surface area contributed by atoms with Crippen LogP contribution >= 0.6 is 0 Å². The molecule has 0 saturated carbocycles. The number of hydrogen-bond donors (Lipinski definition) is 0. The van der Waals surface area contributed by atoms with E-state index in [-0.39, 0.29) is 31.1 Å². The molecule has 0 bridgehead atoms. The Balaban J connectivity index is 4.38. The molecule has 6 heteroatoms. The Kier molecular flexibility index (Phi) is 61.8. The Labute approximate surface area is 482 Å². The Hall–Kier alpha value is -4.19. The first kappa shape index (κ1) is 73.8.